The zero-order chi connectivity index (χ0) is 14.5. The van der Waals surface area contributed by atoms with E-state index in [0.717, 1.165) is 0 Å². The van der Waals surface area contributed by atoms with Gasteiger partial charge in [-0.2, -0.15) is 0 Å². The largest absolute Gasteiger partial charge is 0.488 e. The Balaban J connectivity index is 2.61. The maximum Gasteiger partial charge on any atom is 0.251 e. The van der Waals surface area contributed by atoms with Crippen LogP contribution in [0.15, 0.2) is 24.3 Å². The van der Waals surface area contributed by atoms with Crippen LogP contribution >= 0.6 is 0 Å². The molecule has 0 saturated heterocycles. The van der Waals surface area contributed by atoms with Crippen molar-refractivity contribution in [3.8, 4) is 5.75 Å². The highest BCUT2D eigenvalue weighted by Gasteiger charge is 2.12. The average molecular weight is 264 g/mol. The first-order valence-corrected chi connectivity index (χ1v) is 6.09. The van der Waals surface area contributed by atoms with Crippen molar-refractivity contribution in [3.63, 3.8) is 0 Å². The van der Waals surface area contributed by atoms with E-state index in [9.17, 15) is 9.59 Å². The summed E-state index contributed by atoms with van der Waals surface area (Å²) in [7, 11) is 1.52. The second kappa shape index (κ2) is 6.22. The van der Waals surface area contributed by atoms with E-state index in [1.54, 1.807) is 24.3 Å². The highest BCUT2D eigenvalue weighted by Crippen LogP contribution is 2.18. The predicted octanol–water partition coefficient (Wildman–Crippen LogP) is 1.34. The Bertz CT molecular complexity index is 447. The van der Waals surface area contributed by atoms with Crippen molar-refractivity contribution in [2.45, 2.75) is 26.4 Å². The quantitative estimate of drug-likeness (QED) is 0.862. The van der Waals surface area contributed by atoms with Crippen LogP contribution in [0.25, 0.3) is 0 Å². The first-order chi connectivity index (χ1) is 8.81. The molecule has 5 nitrogen and oxygen atoms in total. The molecule has 0 aliphatic heterocycles. The zero-order valence-corrected chi connectivity index (χ0v) is 11.7. The van der Waals surface area contributed by atoms with Gasteiger partial charge in [0.1, 0.15) is 11.4 Å². The van der Waals surface area contributed by atoms with Crippen LogP contribution in [0.5, 0.6) is 5.75 Å². The molecule has 0 aliphatic rings. The van der Waals surface area contributed by atoms with Crippen molar-refractivity contribution in [2.24, 2.45) is 0 Å². The number of carbonyl (C=O) groups excluding carboxylic acids is 2. The lowest BCUT2D eigenvalue weighted by Gasteiger charge is -2.21. The molecule has 0 atom stereocenters. The second-order valence-electron chi connectivity index (χ2n) is 5.09. The maximum atomic E-state index is 11.7. The van der Waals surface area contributed by atoms with Crippen LogP contribution in [-0.2, 0) is 4.79 Å². The fraction of sp³-hybridized carbons (Fsp3) is 0.429. The number of nitrogens with one attached hydrogen (secondary N) is 2. The Hall–Kier alpha value is -2.04. The fourth-order valence-electron chi connectivity index (χ4n) is 1.38. The molecule has 0 bridgehead atoms. The molecule has 2 N–H and O–H groups in total. The summed E-state index contributed by atoms with van der Waals surface area (Å²) in [5.74, 6) is 0.183. The normalized spacial score (nSPS) is 10.7. The maximum absolute atomic E-state index is 11.7. The summed E-state index contributed by atoms with van der Waals surface area (Å²) in [5.41, 5.74) is 0.216. The van der Waals surface area contributed by atoms with Crippen molar-refractivity contribution in [2.75, 3.05) is 13.6 Å². The summed E-state index contributed by atoms with van der Waals surface area (Å²) in [4.78, 5) is 22.7. The molecule has 19 heavy (non-hydrogen) atoms. The van der Waals surface area contributed by atoms with E-state index in [0.29, 0.717) is 11.3 Å². The van der Waals surface area contributed by atoms with Gasteiger partial charge in [0.15, 0.2) is 0 Å². The summed E-state index contributed by atoms with van der Waals surface area (Å²) in [6.45, 7) is 5.83. The third-order valence-corrected chi connectivity index (χ3v) is 2.23. The lowest BCUT2D eigenvalue weighted by atomic mass is 10.1. The molecule has 104 valence electrons. The van der Waals surface area contributed by atoms with Crippen molar-refractivity contribution in [3.05, 3.63) is 29.8 Å². The molecule has 0 aliphatic carbocycles. The molecule has 0 fully saturated rings. The monoisotopic (exact) mass is 264 g/mol. The van der Waals surface area contributed by atoms with Gasteiger partial charge in [0.05, 0.1) is 6.54 Å². The van der Waals surface area contributed by atoms with Crippen LogP contribution in [0.3, 0.4) is 0 Å². The molecule has 2 amide bonds. The molecule has 0 radical (unpaired) electrons. The standard InChI is InChI=1S/C14H20N2O3/c1-14(2,3)19-11-7-5-10(6-8-11)13(18)16-9-12(17)15-4/h5-8H,9H2,1-4H3,(H,15,17)(H,16,18). The Morgan fingerprint density at radius 2 is 1.74 bits per heavy atom. The number of ether oxygens (including phenoxy) is 1. The van der Waals surface area contributed by atoms with E-state index in [1.807, 2.05) is 20.8 Å². The third kappa shape index (κ3) is 5.42. The Labute approximate surface area is 113 Å². The first kappa shape index (κ1) is 15.0. The Morgan fingerprint density at radius 3 is 2.21 bits per heavy atom. The molecular weight excluding hydrogens is 244 g/mol. The van der Waals surface area contributed by atoms with Crippen LogP contribution < -0.4 is 15.4 Å². The topological polar surface area (TPSA) is 67.4 Å². The molecule has 5 heteroatoms. The number of rotatable bonds is 4. The van der Waals surface area contributed by atoms with E-state index in [-0.39, 0.29) is 24.0 Å². The number of benzene rings is 1. The molecule has 0 heterocycles. The average Bonchev–Trinajstić information content (AvgIpc) is 2.34. The van der Waals surface area contributed by atoms with Crippen LogP contribution in [0.1, 0.15) is 31.1 Å². The van der Waals surface area contributed by atoms with Gasteiger partial charge in [-0.3, -0.25) is 9.59 Å². The minimum Gasteiger partial charge on any atom is -0.488 e. The van der Waals surface area contributed by atoms with Crippen molar-refractivity contribution in [1.82, 2.24) is 10.6 Å². The van der Waals surface area contributed by atoms with Gasteiger partial charge in [-0.05, 0) is 45.0 Å². The van der Waals surface area contributed by atoms with Crippen LogP contribution in [0, 0.1) is 0 Å². The minimum absolute atomic E-state index is 0.0322. The number of carbonyl (C=O) groups is 2. The van der Waals surface area contributed by atoms with Crippen molar-refractivity contribution in [1.29, 1.82) is 0 Å². The third-order valence-electron chi connectivity index (χ3n) is 2.23. The molecule has 0 spiro atoms. The van der Waals surface area contributed by atoms with Gasteiger partial charge in [0.25, 0.3) is 5.91 Å². The second-order valence-corrected chi connectivity index (χ2v) is 5.09. The highest BCUT2D eigenvalue weighted by molar-refractivity contribution is 5.96. The van der Waals surface area contributed by atoms with Gasteiger partial charge in [-0.15, -0.1) is 0 Å². The zero-order valence-electron chi connectivity index (χ0n) is 11.7. The smallest absolute Gasteiger partial charge is 0.251 e. The molecule has 1 aromatic carbocycles. The summed E-state index contributed by atoms with van der Waals surface area (Å²) < 4.78 is 5.66. The number of likely N-dealkylation sites (N-methyl/N-ethyl adjacent to an activating group) is 1. The number of hydrogen-bond acceptors (Lipinski definition) is 3. The van der Waals surface area contributed by atoms with Crippen molar-refractivity contribution < 1.29 is 14.3 Å². The van der Waals surface area contributed by atoms with Gasteiger partial charge in [0, 0.05) is 12.6 Å². The lowest BCUT2D eigenvalue weighted by Crippen LogP contribution is -2.35. The Morgan fingerprint density at radius 1 is 1.16 bits per heavy atom. The van der Waals surface area contributed by atoms with Gasteiger partial charge in [-0.1, -0.05) is 0 Å². The van der Waals surface area contributed by atoms with E-state index in [4.69, 9.17) is 4.74 Å². The van der Waals surface area contributed by atoms with E-state index in [1.165, 1.54) is 7.05 Å². The summed E-state index contributed by atoms with van der Waals surface area (Å²) in [5, 5.41) is 4.96. The lowest BCUT2D eigenvalue weighted by molar-refractivity contribution is -0.119. The number of hydrogen-bond donors (Lipinski definition) is 2. The van der Waals surface area contributed by atoms with Crippen LogP contribution in [-0.4, -0.2) is 31.0 Å². The van der Waals surface area contributed by atoms with E-state index >= 15 is 0 Å². The molecular formula is C14H20N2O3. The van der Waals surface area contributed by atoms with Crippen molar-refractivity contribution >= 4 is 11.8 Å². The molecule has 1 aromatic rings. The summed E-state index contributed by atoms with van der Waals surface area (Å²) in [6.07, 6.45) is 0. The molecule has 0 saturated carbocycles. The minimum atomic E-state index is -0.286. The number of amides is 2. The highest BCUT2D eigenvalue weighted by atomic mass is 16.5. The van der Waals surface area contributed by atoms with Gasteiger partial charge < -0.3 is 15.4 Å². The van der Waals surface area contributed by atoms with Crippen LogP contribution in [0.2, 0.25) is 0 Å². The SMILES string of the molecule is CNC(=O)CNC(=O)c1ccc(OC(C)(C)C)cc1. The van der Waals surface area contributed by atoms with Gasteiger partial charge >= 0.3 is 0 Å². The van der Waals surface area contributed by atoms with E-state index < -0.39 is 0 Å². The Kier molecular flexibility index (Phi) is 4.92. The van der Waals surface area contributed by atoms with Gasteiger partial charge in [0.2, 0.25) is 5.91 Å². The molecule has 0 aromatic heterocycles. The molecule has 0 unspecified atom stereocenters. The molecule has 1 rings (SSSR count). The fourth-order valence-corrected chi connectivity index (χ4v) is 1.38. The first-order valence-electron chi connectivity index (χ1n) is 6.09. The summed E-state index contributed by atoms with van der Waals surface area (Å²) in [6, 6.07) is 6.81. The van der Waals surface area contributed by atoms with E-state index in [2.05, 4.69) is 10.6 Å². The van der Waals surface area contributed by atoms with Crippen LogP contribution in [0.4, 0.5) is 0 Å². The summed E-state index contributed by atoms with van der Waals surface area (Å²) >= 11 is 0. The predicted molar refractivity (Wildman–Crippen MR) is 73.2 cm³/mol. The van der Waals surface area contributed by atoms with Gasteiger partial charge in [-0.25, -0.2) is 0 Å².